The van der Waals surface area contributed by atoms with E-state index in [1.807, 2.05) is 6.92 Å². The Morgan fingerprint density at radius 1 is 0.933 bits per heavy atom. The molecule has 0 rings (SSSR count). The smallest absolute Gasteiger partial charge is 0.0585 e. The zero-order chi connectivity index (χ0) is 11.5. The van der Waals surface area contributed by atoms with E-state index in [0.717, 1.165) is 19.5 Å². The molecule has 0 heterocycles. The zero-order valence-corrected chi connectivity index (χ0v) is 9.45. The van der Waals surface area contributed by atoms with Gasteiger partial charge in [-0.25, -0.2) is 0 Å². The van der Waals surface area contributed by atoms with Crippen molar-refractivity contribution < 1.29 is 15.3 Å². The maximum absolute atomic E-state index is 8.92. The van der Waals surface area contributed by atoms with Crippen molar-refractivity contribution in [3.8, 4) is 0 Å². The van der Waals surface area contributed by atoms with Crippen molar-refractivity contribution in [1.82, 2.24) is 10.6 Å². The van der Waals surface area contributed by atoms with Gasteiger partial charge < -0.3 is 26.0 Å². The highest BCUT2D eigenvalue weighted by molar-refractivity contribution is 4.68. The first-order valence-electron chi connectivity index (χ1n) is 5.57. The van der Waals surface area contributed by atoms with Gasteiger partial charge in [0.2, 0.25) is 0 Å². The third-order valence-corrected chi connectivity index (χ3v) is 2.40. The number of aliphatic hydroxyl groups excluding tert-OH is 3. The van der Waals surface area contributed by atoms with Gasteiger partial charge in [-0.2, -0.15) is 0 Å². The minimum atomic E-state index is -0.0361. The summed E-state index contributed by atoms with van der Waals surface area (Å²) in [6, 6.07) is 0.114. The molecule has 0 fully saturated rings. The molecular weight excluding hydrogens is 196 g/mol. The zero-order valence-electron chi connectivity index (χ0n) is 9.45. The maximum atomic E-state index is 8.92. The lowest BCUT2D eigenvalue weighted by Crippen LogP contribution is -2.41. The molecule has 5 nitrogen and oxygen atoms in total. The molecule has 0 spiro atoms. The summed E-state index contributed by atoms with van der Waals surface area (Å²) < 4.78 is 0. The summed E-state index contributed by atoms with van der Waals surface area (Å²) in [7, 11) is 0. The summed E-state index contributed by atoms with van der Waals surface area (Å²) in [6.07, 6.45) is 1.46. The van der Waals surface area contributed by atoms with Crippen LogP contribution >= 0.6 is 0 Å². The molecule has 0 aromatic carbocycles. The van der Waals surface area contributed by atoms with Crippen molar-refractivity contribution in [3.63, 3.8) is 0 Å². The Bertz CT molecular complexity index is 132. The second-order valence-electron chi connectivity index (χ2n) is 3.59. The standard InChI is InChI=1S/C10H24N2O3/c1-2-9(7-14)11-4-5-12-10(8-15)3-6-13/h9-15H,2-8H2,1H3/t9-,10-/m0/s1. The van der Waals surface area contributed by atoms with Crippen LogP contribution in [-0.4, -0.2) is 60.3 Å². The van der Waals surface area contributed by atoms with Crippen LogP contribution in [0.3, 0.4) is 0 Å². The van der Waals surface area contributed by atoms with E-state index in [1.165, 1.54) is 0 Å². The molecule has 92 valence electrons. The lowest BCUT2D eigenvalue weighted by Gasteiger charge is -2.17. The van der Waals surface area contributed by atoms with Crippen LogP contribution in [0.4, 0.5) is 0 Å². The Balaban J connectivity index is 3.42. The molecule has 0 bridgehead atoms. The van der Waals surface area contributed by atoms with Gasteiger partial charge in [0.05, 0.1) is 13.2 Å². The quantitative estimate of drug-likeness (QED) is 0.295. The molecule has 15 heavy (non-hydrogen) atoms. The van der Waals surface area contributed by atoms with Crippen LogP contribution < -0.4 is 10.6 Å². The first-order valence-corrected chi connectivity index (χ1v) is 5.57. The van der Waals surface area contributed by atoms with Crippen LogP contribution in [0.5, 0.6) is 0 Å². The average Bonchev–Trinajstić information content (AvgIpc) is 2.28. The predicted molar refractivity (Wildman–Crippen MR) is 59.7 cm³/mol. The average molecular weight is 220 g/mol. The van der Waals surface area contributed by atoms with Crippen LogP contribution in [0.25, 0.3) is 0 Å². The third-order valence-electron chi connectivity index (χ3n) is 2.40. The molecule has 0 aromatic rings. The Morgan fingerprint density at radius 3 is 1.87 bits per heavy atom. The lowest BCUT2D eigenvalue weighted by atomic mass is 10.2. The molecule has 0 saturated heterocycles. The Hall–Kier alpha value is -0.200. The van der Waals surface area contributed by atoms with Crippen molar-refractivity contribution >= 4 is 0 Å². The van der Waals surface area contributed by atoms with Crippen LogP contribution in [-0.2, 0) is 0 Å². The fraction of sp³-hybridized carbons (Fsp3) is 1.00. The number of aliphatic hydroxyl groups is 3. The normalized spacial score (nSPS) is 15.2. The largest absolute Gasteiger partial charge is 0.396 e. The van der Waals surface area contributed by atoms with Crippen LogP contribution in [0.15, 0.2) is 0 Å². The molecule has 0 radical (unpaired) electrons. The lowest BCUT2D eigenvalue weighted by molar-refractivity contribution is 0.199. The molecule has 0 amide bonds. The number of hydrogen-bond donors (Lipinski definition) is 5. The molecule has 0 saturated carbocycles. The number of hydrogen-bond acceptors (Lipinski definition) is 5. The minimum Gasteiger partial charge on any atom is -0.396 e. The predicted octanol–water partition coefficient (Wildman–Crippen LogP) is -1.32. The van der Waals surface area contributed by atoms with Crippen molar-refractivity contribution in [2.45, 2.75) is 31.8 Å². The number of nitrogens with one attached hydrogen (secondary N) is 2. The van der Waals surface area contributed by atoms with Crippen molar-refractivity contribution in [3.05, 3.63) is 0 Å². The van der Waals surface area contributed by atoms with E-state index in [4.69, 9.17) is 15.3 Å². The molecule has 0 unspecified atom stereocenters. The van der Waals surface area contributed by atoms with E-state index in [9.17, 15) is 0 Å². The van der Waals surface area contributed by atoms with Crippen molar-refractivity contribution in [1.29, 1.82) is 0 Å². The Labute approximate surface area is 91.5 Å². The van der Waals surface area contributed by atoms with Gasteiger partial charge in [-0.1, -0.05) is 6.92 Å². The summed E-state index contributed by atoms with van der Waals surface area (Å²) in [5.74, 6) is 0. The fourth-order valence-corrected chi connectivity index (χ4v) is 1.30. The minimum absolute atomic E-state index is 0.0361. The second kappa shape index (κ2) is 10.3. The molecule has 0 aliphatic rings. The van der Waals surface area contributed by atoms with Gasteiger partial charge >= 0.3 is 0 Å². The van der Waals surface area contributed by atoms with Gasteiger partial charge in [-0.05, 0) is 12.8 Å². The molecular formula is C10H24N2O3. The van der Waals surface area contributed by atoms with Gasteiger partial charge in [-0.15, -0.1) is 0 Å². The summed E-state index contributed by atoms with van der Waals surface area (Å²) in [5, 5.41) is 32.8. The van der Waals surface area contributed by atoms with Gasteiger partial charge in [0.15, 0.2) is 0 Å². The highest BCUT2D eigenvalue weighted by Crippen LogP contribution is 1.89. The third kappa shape index (κ3) is 7.70. The first-order chi connectivity index (χ1) is 7.28. The molecule has 0 aliphatic carbocycles. The van der Waals surface area contributed by atoms with Crippen LogP contribution in [0, 0.1) is 0 Å². The summed E-state index contributed by atoms with van der Waals surface area (Å²) in [6.45, 7) is 3.76. The molecule has 2 atom stereocenters. The maximum Gasteiger partial charge on any atom is 0.0585 e. The Kier molecular flexibility index (Phi) is 10.2. The van der Waals surface area contributed by atoms with Crippen LogP contribution in [0.2, 0.25) is 0 Å². The van der Waals surface area contributed by atoms with Gasteiger partial charge in [0.25, 0.3) is 0 Å². The highest BCUT2D eigenvalue weighted by Gasteiger charge is 2.06. The van der Waals surface area contributed by atoms with E-state index < -0.39 is 0 Å². The summed E-state index contributed by atoms with van der Waals surface area (Å²) in [5.41, 5.74) is 0. The molecule has 0 aromatic heterocycles. The van der Waals surface area contributed by atoms with Crippen molar-refractivity contribution in [2.24, 2.45) is 0 Å². The summed E-state index contributed by atoms with van der Waals surface area (Å²) >= 11 is 0. The highest BCUT2D eigenvalue weighted by atomic mass is 16.3. The van der Waals surface area contributed by atoms with Gasteiger partial charge in [-0.3, -0.25) is 0 Å². The molecule has 5 N–H and O–H groups in total. The Morgan fingerprint density at radius 2 is 1.47 bits per heavy atom. The molecule has 5 heteroatoms. The molecule has 0 aliphatic heterocycles. The van der Waals surface area contributed by atoms with E-state index in [0.29, 0.717) is 6.42 Å². The van der Waals surface area contributed by atoms with E-state index in [1.54, 1.807) is 0 Å². The van der Waals surface area contributed by atoms with Gasteiger partial charge in [0.1, 0.15) is 0 Å². The fourth-order valence-electron chi connectivity index (χ4n) is 1.30. The topological polar surface area (TPSA) is 84.8 Å². The second-order valence-corrected chi connectivity index (χ2v) is 3.59. The SMILES string of the molecule is CC[C@@H](CO)NCCN[C@H](CO)CCO. The number of rotatable bonds is 10. The van der Waals surface area contributed by atoms with Crippen molar-refractivity contribution in [2.75, 3.05) is 32.9 Å². The van der Waals surface area contributed by atoms with E-state index in [2.05, 4.69) is 10.6 Å². The van der Waals surface area contributed by atoms with Gasteiger partial charge in [0, 0.05) is 31.8 Å². The first kappa shape index (κ1) is 14.8. The van der Waals surface area contributed by atoms with Crippen LogP contribution in [0.1, 0.15) is 19.8 Å². The monoisotopic (exact) mass is 220 g/mol. The van der Waals surface area contributed by atoms with E-state index >= 15 is 0 Å². The van der Waals surface area contributed by atoms with E-state index in [-0.39, 0.29) is 31.9 Å². The summed E-state index contributed by atoms with van der Waals surface area (Å²) in [4.78, 5) is 0.